The van der Waals surface area contributed by atoms with Crippen LogP contribution in [0.25, 0.3) is 0 Å². The molecule has 1 unspecified atom stereocenters. The highest BCUT2D eigenvalue weighted by molar-refractivity contribution is 5.94. The van der Waals surface area contributed by atoms with Crippen LogP contribution in [-0.4, -0.2) is 34.1 Å². The van der Waals surface area contributed by atoms with Crippen LogP contribution in [0.15, 0.2) is 24.3 Å². The molecule has 110 valence electrons. The van der Waals surface area contributed by atoms with Crippen molar-refractivity contribution in [2.24, 2.45) is 0 Å². The number of nitrogens with zero attached hydrogens (tertiary/aromatic N) is 1. The molecule has 1 amide bonds. The minimum atomic E-state index is -0.639. The molecule has 3 nitrogen and oxygen atoms in total. The molecule has 0 aliphatic carbocycles. The van der Waals surface area contributed by atoms with Gasteiger partial charge in [-0.2, -0.15) is 0 Å². The monoisotopic (exact) mass is 275 g/mol. The Labute approximate surface area is 121 Å². The van der Waals surface area contributed by atoms with Gasteiger partial charge in [-0.25, -0.2) is 0 Å². The molecule has 0 aromatic heterocycles. The van der Waals surface area contributed by atoms with Gasteiger partial charge in [-0.05, 0) is 64.2 Å². The Kier molecular flexibility index (Phi) is 4.48. The molecule has 3 heteroatoms. The predicted molar refractivity (Wildman–Crippen MR) is 80.8 cm³/mol. The number of amides is 1. The molecule has 1 atom stereocenters. The van der Waals surface area contributed by atoms with Gasteiger partial charge >= 0.3 is 0 Å². The lowest BCUT2D eigenvalue weighted by Crippen LogP contribution is -2.33. The molecule has 1 aliphatic rings. The summed E-state index contributed by atoms with van der Waals surface area (Å²) in [7, 11) is 0. The number of carbonyl (C=O) groups is 1. The molecule has 0 radical (unpaired) electrons. The number of carbonyl (C=O) groups excluding carboxylic acids is 1. The van der Waals surface area contributed by atoms with Gasteiger partial charge in [-0.1, -0.05) is 12.1 Å². The first-order chi connectivity index (χ1) is 9.37. The molecule has 1 aromatic rings. The Bertz CT molecular complexity index is 459. The van der Waals surface area contributed by atoms with E-state index in [4.69, 9.17) is 0 Å². The van der Waals surface area contributed by atoms with Gasteiger partial charge in [-0.15, -0.1) is 0 Å². The summed E-state index contributed by atoms with van der Waals surface area (Å²) in [4.78, 5) is 14.3. The Morgan fingerprint density at radius 2 is 2.00 bits per heavy atom. The van der Waals surface area contributed by atoms with Gasteiger partial charge in [0.1, 0.15) is 0 Å². The van der Waals surface area contributed by atoms with Gasteiger partial charge in [0, 0.05) is 18.2 Å². The van der Waals surface area contributed by atoms with Crippen molar-refractivity contribution in [3.63, 3.8) is 0 Å². The van der Waals surface area contributed by atoms with Crippen LogP contribution in [0.4, 0.5) is 0 Å². The minimum absolute atomic E-state index is 0.143. The van der Waals surface area contributed by atoms with E-state index >= 15 is 0 Å². The van der Waals surface area contributed by atoms with Crippen LogP contribution in [-0.2, 0) is 6.42 Å². The maximum atomic E-state index is 12.4. The highest BCUT2D eigenvalue weighted by atomic mass is 16.3. The molecule has 1 fully saturated rings. The maximum Gasteiger partial charge on any atom is 0.254 e. The average molecular weight is 275 g/mol. The quantitative estimate of drug-likeness (QED) is 0.917. The molecule has 1 saturated heterocycles. The number of hydrogen-bond acceptors (Lipinski definition) is 2. The maximum absolute atomic E-state index is 12.4. The van der Waals surface area contributed by atoms with Crippen molar-refractivity contribution in [2.75, 3.05) is 6.54 Å². The van der Waals surface area contributed by atoms with E-state index in [1.54, 1.807) is 0 Å². The summed E-state index contributed by atoms with van der Waals surface area (Å²) < 4.78 is 0. The SMILES string of the molecule is CC1CCCN1C(=O)c1ccc(CCC(C)(C)O)cc1. The first-order valence-electron chi connectivity index (χ1n) is 7.49. The van der Waals surface area contributed by atoms with Gasteiger partial charge < -0.3 is 10.0 Å². The number of rotatable bonds is 4. The average Bonchev–Trinajstić information content (AvgIpc) is 2.81. The van der Waals surface area contributed by atoms with E-state index in [2.05, 4.69) is 6.92 Å². The molecule has 1 heterocycles. The summed E-state index contributed by atoms with van der Waals surface area (Å²) in [6.07, 6.45) is 3.77. The Balaban J connectivity index is 1.99. The van der Waals surface area contributed by atoms with Crippen LogP contribution in [0.1, 0.15) is 56.0 Å². The minimum Gasteiger partial charge on any atom is -0.390 e. The van der Waals surface area contributed by atoms with E-state index in [1.165, 1.54) is 0 Å². The lowest BCUT2D eigenvalue weighted by atomic mass is 9.98. The first kappa shape index (κ1) is 15.0. The van der Waals surface area contributed by atoms with Crippen molar-refractivity contribution in [1.82, 2.24) is 4.90 Å². The lowest BCUT2D eigenvalue weighted by molar-refractivity contribution is 0.0711. The summed E-state index contributed by atoms with van der Waals surface area (Å²) >= 11 is 0. The molecule has 1 N–H and O–H groups in total. The zero-order chi connectivity index (χ0) is 14.8. The Morgan fingerprint density at radius 1 is 1.35 bits per heavy atom. The van der Waals surface area contributed by atoms with E-state index in [0.29, 0.717) is 6.04 Å². The number of hydrogen-bond donors (Lipinski definition) is 1. The number of aryl methyl sites for hydroxylation is 1. The van der Waals surface area contributed by atoms with E-state index in [9.17, 15) is 9.90 Å². The normalized spacial score (nSPS) is 19.4. The van der Waals surface area contributed by atoms with Gasteiger partial charge in [0.15, 0.2) is 0 Å². The van der Waals surface area contributed by atoms with Crippen LogP contribution in [0.5, 0.6) is 0 Å². The van der Waals surface area contributed by atoms with Crippen molar-refractivity contribution in [1.29, 1.82) is 0 Å². The fourth-order valence-electron chi connectivity index (χ4n) is 2.67. The third-order valence-electron chi connectivity index (χ3n) is 4.04. The smallest absolute Gasteiger partial charge is 0.254 e. The topological polar surface area (TPSA) is 40.5 Å². The summed E-state index contributed by atoms with van der Waals surface area (Å²) in [5.41, 5.74) is 1.29. The van der Waals surface area contributed by atoms with Gasteiger partial charge in [0.25, 0.3) is 5.91 Å². The van der Waals surface area contributed by atoms with Gasteiger partial charge in [0.05, 0.1) is 5.60 Å². The largest absolute Gasteiger partial charge is 0.390 e. The van der Waals surface area contributed by atoms with Crippen molar-refractivity contribution in [3.8, 4) is 0 Å². The number of aliphatic hydroxyl groups is 1. The van der Waals surface area contributed by atoms with Crippen molar-refractivity contribution >= 4 is 5.91 Å². The molecule has 1 aliphatic heterocycles. The van der Waals surface area contributed by atoms with Crippen LogP contribution in [0, 0.1) is 0 Å². The Hall–Kier alpha value is -1.35. The van der Waals surface area contributed by atoms with E-state index in [0.717, 1.165) is 43.4 Å². The zero-order valence-electron chi connectivity index (χ0n) is 12.7. The molecule has 0 spiro atoms. The predicted octanol–water partition coefficient (Wildman–Crippen LogP) is 3.01. The second-order valence-corrected chi connectivity index (χ2v) is 6.50. The first-order valence-corrected chi connectivity index (χ1v) is 7.49. The zero-order valence-corrected chi connectivity index (χ0v) is 12.7. The summed E-state index contributed by atoms with van der Waals surface area (Å²) in [6, 6.07) is 8.18. The molecule has 0 bridgehead atoms. The fraction of sp³-hybridized carbons (Fsp3) is 0.588. The second-order valence-electron chi connectivity index (χ2n) is 6.50. The molecular formula is C17H25NO2. The third-order valence-corrected chi connectivity index (χ3v) is 4.04. The van der Waals surface area contributed by atoms with E-state index in [-0.39, 0.29) is 5.91 Å². The van der Waals surface area contributed by atoms with Crippen LogP contribution in [0.3, 0.4) is 0 Å². The van der Waals surface area contributed by atoms with Crippen molar-refractivity contribution in [2.45, 2.75) is 58.1 Å². The molecule has 0 saturated carbocycles. The van der Waals surface area contributed by atoms with Gasteiger partial charge in [0.2, 0.25) is 0 Å². The summed E-state index contributed by atoms with van der Waals surface area (Å²) in [5, 5.41) is 9.73. The van der Waals surface area contributed by atoms with Gasteiger partial charge in [-0.3, -0.25) is 4.79 Å². The van der Waals surface area contributed by atoms with Crippen molar-refractivity contribution in [3.05, 3.63) is 35.4 Å². The fourth-order valence-corrected chi connectivity index (χ4v) is 2.67. The van der Waals surface area contributed by atoms with Crippen LogP contribution in [0.2, 0.25) is 0 Å². The Morgan fingerprint density at radius 3 is 2.50 bits per heavy atom. The van der Waals surface area contributed by atoms with E-state index in [1.807, 2.05) is 43.0 Å². The van der Waals surface area contributed by atoms with Crippen LogP contribution >= 0.6 is 0 Å². The standard InChI is InChI=1S/C17H25NO2/c1-13-5-4-12-18(13)16(19)15-8-6-14(7-9-15)10-11-17(2,3)20/h6-9,13,20H,4-5,10-12H2,1-3H3. The molecule has 1 aromatic carbocycles. The highest BCUT2D eigenvalue weighted by Crippen LogP contribution is 2.20. The molecule has 20 heavy (non-hydrogen) atoms. The summed E-state index contributed by atoms with van der Waals surface area (Å²) in [6.45, 7) is 6.63. The summed E-state index contributed by atoms with van der Waals surface area (Å²) in [5.74, 6) is 0.143. The lowest BCUT2D eigenvalue weighted by Gasteiger charge is -2.21. The number of likely N-dealkylation sites (tertiary alicyclic amines) is 1. The highest BCUT2D eigenvalue weighted by Gasteiger charge is 2.25. The molecular weight excluding hydrogens is 250 g/mol. The van der Waals surface area contributed by atoms with Crippen LogP contribution < -0.4 is 0 Å². The second kappa shape index (κ2) is 5.96. The van der Waals surface area contributed by atoms with Crippen molar-refractivity contribution < 1.29 is 9.90 Å². The van der Waals surface area contributed by atoms with E-state index < -0.39 is 5.60 Å². The third kappa shape index (κ3) is 3.83. The number of benzene rings is 1. The molecule has 2 rings (SSSR count).